The molecular weight excluding hydrogens is 244 g/mol. The summed E-state index contributed by atoms with van der Waals surface area (Å²) in [6.07, 6.45) is 5.42. The first-order valence-electron chi connectivity index (χ1n) is 5.50. The van der Waals surface area contributed by atoms with Crippen LogP contribution in [0.4, 0.5) is 4.79 Å². The van der Waals surface area contributed by atoms with Crippen LogP contribution in [0, 0.1) is 0 Å². The fourth-order valence-corrected chi connectivity index (χ4v) is 1.30. The van der Waals surface area contributed by atoms with Gasteiger partial charge in [0.15, 0.2) is 0 Å². The van der Waals surface area contributed by atoms with Gasteiger partial charge in [-0.05, 0) is 17.8 Å². The van der Waals surface area contributed by atoms with Crippen molar-refractivity contribution in [3.05, 3.63) is 54.8 Å². The van der Waals surface area contributed by atoms with Crippen molar-refractivity contribution >= 4 is 24.3 Å². The highest BCUT2D eigenvalue weighted by Gasteiger charge is 2.17. The lowest BCUT2D eigenvalue weighted by molar-refractivity contribution is -0.122. The van der Waals surface area contributed by atoms with Gasteiger partial charge in [0.25, 0.3) is 5.91 Å². The number of rotatable bonds is 5. The Hall–Kier alpha value is -2.69. The van der Waals surface area contributed by atoms with E-state index in [2.05, 4.69) is 11.9 Å². The molecule has 97 valence electrons. The molecule has 0 aliphatic heterocycles. The van der Waals surface area contributed by atoms with Gasteiger partial charge in [0.1, 0.15) is 0 Å². The number of amides is 3. The SMILES string of the molecule is C=CNC(=O)N(C[C]=O)C(=O)C=Cc1ccccc1. The molecule has 0 aliphatic rings. The summed E-state index contributed by atoms with van der Waals surface area (Å²) < 4.78 is 0. The number of nitrogens with one attached hydrogen (secondary N) is 1. The summed E-state index contributed by atoms with van der Waals surface area (Å²) in [5.74, 6) is -0.605. The number of carbonyl (C=O) groups is 2. The molecule has 0 unspecified atom stereocenters. The van der Waals surface area contributed by atoms with Crippen molar-refractivity contribution in [3.8, 4) is 0 Å². The lowest BCUT2D eigenvalue weighted by Crippen LogP contribution is -2.42. The van der Waals surface area contributed by atoms with Crippen molar-refractivity contribution in [1.29, 1.82) is 0 Å². The molecule has 0 aromatic heterocycles. The van der Waals surface area contributed by atoms with E-state index in [1.54, 1.807) is 6.08 Å². The van der Waals surface area contributed by atoms with E-state index in [1.807, 2.05) is 30.3 Å². The molecule has 0 spiro atoms. The molecule has 1 aromatic rings. The Kier molecular flexibility index (Phi) is 5.75. The second-order valence-electron chi connectivity index (χ2n) is 3.47. The van der Waals surface area contributed by atoms with E-state index >= 15 is 0 Å². The van der Waals surface area contributed by atoms with E-state index in [9.17, 15) is 14.4 Å². The predicted octanol–water partition coefficient (Wildman–Crippen LogP) is 1.49. The first kappa shape index (κ1) is 14.4. The maximum absolute atomic E-state index is 11.8. The molecule has 0 aliphatic carbocycles. The summed E-state index contributed by atoms with van der Waals surface area (Å²) in [5.41, 5.74) is 0.815. The van der Waals surface area contributed by atoms with Crippen molar-refractivity contribution in [2.75, 3.05) is 6.54 Å². The van der Waals surface area contributed by atoms with Crippen LogP contribution in [0.3, 0.4) is 0 Å². The van der Waals surface area contributed by atoms with E-state index in [0.29, 0.717) is 0 Å². The second kappa shape index (κ2) is 7.60. The van der Waals surface area contributed by atoms with Crippen molar-refractivity contribution in [2.45, 2.75) is 0 Å². The summed E-state index contributed by atoms with van der Waals surface area (Å²) in [5, 5.41) is 2.23. The van der Waals surface area contributed by atoms with Crippen LogP contribution in [0.15, 0.2) is 49.2 Å². The summed E-state index contributed by atoms with van der Waals surface area (Å²) in [4.78, 5) is 34.4. The summed E-state index contributed by atoms with van der Waals surface area (Å²) in [7, 11) is 0. The molecule has 0 heterocycles. The number of imide groups is 1. The monoisotopic (exact) mass is 257 g/mol. The Balaban J connectivity index is 2.77. The van der Waals surface area contributed by atoms with E-state index in [4.69, 9.17) is 0 Å². The van der Waals surface area contributed by atoms with E-state index in [1.165, 1.54) is 12.4 Å². The van der Waals surface area contributed by atoms with Gasteiger partial charge >= 0.3 is 6.03 Å². The maximum atomic E-state index is 11.8. The van der Waals surface area contributed by atoms with Crippen molar-refractivity contribution in [2.24, 2.45) is 0 Å². The van der Waals surface area contributed by atoms with Gasteiger partial charge in [0.2, 0.25) is 6.29 Å². The van der Waals surface area contributed by atoms with E-state index in [0.717, 1.165) is 16.7 Å². The van der Waals surface area contributed by atoms with Crippen LogP contribution in [-0.2, 0) is 9.59 Å². The van der Waals surface area contributed by atoms with Gasteiger partial charge < -0.3 is 5.32 Å². The lowest BCUT2D eigenvalue weighted by atomic mass is 10.2. The fourth-order valence-electron chi connectivity index (χ4n) is 1.30. The predicted molar refractivity (Wildman–Crippen MR) is 71.6 cm³/mol. The molecule has 1 rings (SSSR count). The Morgan fingerprint density at radius 1 is 1.32 bits per heavy atom. The van der Waals surface area contributed by atoms with E-state index in [-0.39, 0.29) is 0 Å². The number of benzene rings is 1. The lowest BCUT2D eigenvalue weighted by Gasteiger charge is -2.15. The molecule has 0 atom stereocenters. The molecule has 1 N–H and O–H groups in total. The molecule has 19 heavy (non-hydrogen) atoms. The summed E-state index contributed by atoms with van der Waals surface area (Å²) in [6.45, 7) is 2.88. The number of hydrogen-bond acceptors (Lipinski definition) is 3. The third-order valence-corrected chi connectivity index (χ3v) is 2.18. The third-order valence-electron chi connectivity index (χ3n) is 2.18. The Morgan fingerprint density at radius 3 is 2.58 bits per heavy atom. The van der Waals surface area contributed by atoms with Crippen molar-refractivity contribution < 1.29 is 14.4 Å². The molecule has 1 radical (unpaired) electrons. The highest BCUT2D eigenvalue weighted by atomic mass is 16.2. The number of hydrogen-bond donors (Lipinski definition) is 1. The Bertz CT molecular complexity index is 495. The molecule has 0 fully saturated rings. The zero-order chi connectivity index (χ0) is 14.1. The molecule has 0 saturated heterocycles. The van der Waals surface area contributed by atoms with Crippen LogP contribution in [0.5, 0.6) is 0 Å². The standard InChI is InChI=1S/C14H13N2O3/c1-2-15-14(19)16(10-11-17)13(18)9-8-12-6-4-3-5-7-12/h2-9H,1,10H2,(H,15,19). The van der Waals surface area contributed by atoms with Crippen LogP contribution in [0.1, 0.15) is 5.56 Å². The van der Waals surface area contributed by atoms with Gasteiger partial charge in [-0.25, -0.2) is 4.79 Å². The molecule has 5 heteroatoms. The highest BCUT2D eigenvalue weighted by molar-refractivity contribution is 6.03. The third kappa shape index (κ3) is 4.59. The highest BCUT2D eigenvalue weighted by Crippen LogP contribution is 2.02. The van der Waals surface area contributed by atoms with Gasteiger partial charge in [-0.3, -0.25) is 14.5 Å². The minimum atomic E-state index is -0.721. The zero-order valence-electron chi connectivity index (χ0n) is 10.2. The number of carbonyl (C=O) groups excluding carboxylic acids is 3. The smallest absolute Gasteiger partial charge is 0.315 e. The van der Waals surface area contributed by atoms with Gasteiger partial charge in [0, 0.05) is 6.08 Å². The largest absolute Gasteiger partial charge is 0.328 e. The molecule has 0 bridgehead atoms. The van der Waals surface area contributed by atoms with E-state index < -0.39 is 18.5 Å². The van der Waals surface area contributed by atoms with Crippen LogP contribution in [0.25, 0.3) is 6.08 Å². The number of nitrogens with zero attached hydrogens (tertiary/aromatic N) is 1. The maximum Gasteiger partial charge on any atom is 0.328 e. The number of urea groups is 1. The van der Waals surface area contributed by atoms with Crippen LogP contribution in [-0.4, -0.2) is 29.7 Å². The van der Waals surface area contributed by atoms with Gasteiger partial charge in [-0.15, -0.1) is 0 Å². The fraction of sp³-hybridized carbons (Fsp3) is 0.0714. The second-order valence-corrected chi connectivity index (χ2v) is 3.47. The van der Waals surface area contributed by atoms with Gasteiger partial charge in [0.05, 0.1) is 6.54 Å². The average Bonchev–Trinajstić information content (AvgIpc) is 2.43. The Labute approximate surface area is 111 Å². The zero-order valence-corrected chi connectivity index (χ0v) is 10.2. The minimum absolute atomic E-state index is 0.433. The first-order valence-corrected chi connectivity index (χ1v) is 5.50. The molecule has 5 nitrogen and oxygen atoms in total. The summed E-state index contributed by atoms with van der Waals surface area (Å²) in [6, 6.07) is 8.40. The van der Waals surface area contributed by atoms with Crippen LogP contribution >= 0.6 is 0 Å². The Morgan fingerprint density at radius 2 is 2.00 bits per heavy atom. The average molecular weight is 257 g/mol. The van der Waals surface area contributed by atoms with Crippen LogP contribution in [0.2, 0.25) is 0 Å². The quantitative estimate of drug-likeness (QED) is 0.813. The first-order chi connectivity index (χ1) is 9.19. The molecular formula is C14H13N2O3. The topological polar surface area (TPSA) is 66.5 Å². The summed E-state index contributed by atoms with van der Waals surface area (Å²) >= 11 is 0. The van der Waals surface area contributed by atoms with Gasteiger partial charge in [-0.2, -0.15) is 0 Å². The minimum Gasteiger partial charge on any atom is -0.315 e. The molecule has 3 amide bonds. The molecule has 1 aromatic carbocycles. The van der Waals surface area contributed by atoms with Crippen molar-refractivity contribution in [1.82, 2.24) is 10.2 Å². The van der Waals surface area contributed by atoms with Gasteiger partial charge in [-0.1, -0.05) is 36.9 Å². The molecule has 0 saturated carbocycles. The van der Waals surface area contributed by atoms with Crippen molar-refractivity contribution in [3.63, 3.8) is 0 Å². The van der Waals surface area contributed by atoms with Crippen LogP contribution < -0.4 is 5.32 Å². The normalized spacial score (nSPS) is 9.89.